The zero-order chi connectivity index (χ0) is 22.1. The highest BCUT2D eigenvalue weighted by atomic mass is 16.6. The Labute approximate surface area is 183 Å². The molecule has 162 valence electrons. The third-order valence-corrected chi connectivity index (χ3v) is 5.14. The maximum absolute atomic E-state index is 12.9. The molecule has 3 aromatic rings. The molecular formula is C26H29NO4. The maximum Gasteiger partial charge on any atom is 0.340 e. The fraction of sp³-hybridized carbons (Fsp3) is 0.269. The summed E-state index contributed by atoms with van der Waals surface area (Å²) >= 11 is 0. The first-order chi connectivity index (χ1) is 15.0. The quantitative estimate of drug-likeness (QED) is 0.478. The van der Waals surface area contributed by atoms with Crippen LogP contribution in [-0.4, -0.2) is 18.2 Å². The van der Waals surface area contributed by atoms with Gasteiger partial charge in [0, 0.05) is 6.61 Å². The Kier molecular flexibility index (Phi) is 7.82. The van der Waals surface area contributed by atoms with E-state index in [0.29, 0.717) is 13.2 Å². The average molecular weight is 420 g/mol. The van der Waals surface area contributed by atoms with Crippen molar-refractivity contribution in [1.29, 1.82) is 0 Å². The van der Waals surface area contributed by atoms with Crippen LogP contribution in [0.4, 0.5) is 0 Å². The second-order valence-electron chi connectivity index (χ2n) is 7.42. The molecule has 0 bridgehead atoms. The number of rotatable bonds is 10. The van der Waals surface area contributed by atoms with Gasteiger partial charge >= 0.3 is 5.97 Å². The van der Waals surface area contributed by atoms with Gasteiger partial charge in [-0.05, 0) is 42.7 Å². The van der Waals surface area contributed by atoms with Crippen molar-refractivity contribution >= 4 is 5.97 Å². The van der Waals surface area contributed by atoms with Crippen LogP contribution in [0.25, 0.3) is 0 Å². The number of carbonyl (C=O) groups excluding carboxylic acids is 1. The first kappa shape index (κ1) is 22.5. The minimum atomic E-state index is -1.31. The van der Waals surface area contributed by atoms with Crippen LogP contribution in [0.5, 0.6) is 5.75 Å². The molecule has 5 heteroatoms. The van der Waals surface area contributed by atoms with Gasteiger partial charge in [0.2, 0.25) is 0 Å². The molecule has 0 saturated heterocycles. The van der Waals surface area contributed by atoms with Crippen LogP contribution >= 0.6 is 0 Å². The van der Waals surface area contributed by atoms with E-state index in [1.165, 1.54) is 0 Å². The highest BCUT2D eigenvalue weighted by molar-refractivity contribution is 5.80. The summed E-state index contributed by atoms with van der Waals surface area (Å²) in [7, 11) is 0. The summed E-state index contributed by atoms with van der Waals surface area (Å²) in [5.41, 5.74) is 7.93. The molecule has 5 nitrogen and oxygen atoms in total. The maximum atomic E-state index is 12.9. The number of nitrogens with two attached hydrogens (primary N) is 1. The van der Waals surface area contributed by atoms with Crippen molar-refractivity contribution in [3.8, 4) is 5.75 Å². The van der Waals surface area contributed by atoms with E-state index in [2.05, 4.69) is 0 Å². The number of benzene rings is 3. The summed E-state index contributed by atoms with van der Waals surface area (Å²) in [6.45, 7) is 4.49. The Hall–Kier alpha value is -3.15. The molecular weight excluding hydrogens is 390 g/mol. The molecule has 0 fully saturated rings. The Morgan fingerprint density at radius 2 is 1.42 bits per heavy atom. The van der Waals surface area contributed by atoms with E-state index in [4.69, 9.17) is 19.9 Å². The van der Waals surface area contributed by atoms with Gasteiger partial charge in [-0.1, -0.05) is 72.8 Å². The molecule has 0 radical (unpaired) electrons. The molecule has 2 atom stereocenters. The molecule has 0 heterocycles. The van der Waals surface area contributed by atoms with Crippen LogP contribution in [-0.2, 0) is 27.5 Å². The Morgan fingerprint density at radius 3 is 1.97 bits per heavy atom. The van der Waals surface area contributed by atoms with Crippen molar-refractivity contribution in [1.82, 2.24) is 0 Å². The van der Waals surface area contributed by atoms with Gasteiger partial charge in [0.05, 0.1) is 6.04 Å². The number of hydrogen-bond acceptors (Lipinski definition) is 5. The van der Waals surface area contributed by atoms with Crippen LogP contribution in [0.15, 0.2) is 84.9 Å². The van der Waals surface area contributed by atoms with E-state index in [1.807, 2.05) is 91.9 Å². The molecule has 0 saturated carbocycles. The fourth-order valence-electron chi connectivity index (χ4n) is 3.27. The highest BCUT2D eigenvalue weighted by Crippen LogP contribution is 2.30. The van der Waals surface area contributed by atoms with Crippen LogP contribution in [0.1, 0.15) is 36.6 Å². The van der Waals surface area contributed by atoms with Crippen molar-refractivity contribution in [2.45, 2.75) is 38.7 Å². The summed E-state index contributed by atoms with van der Waals surface area (Å²) in [6, 6.07) is 26.2. The summed E-state index contributed by atoms with van der Waals surface area (Å²) in [4.78, 5) is 12.9. The zero-order valence-corrected chi connectivity index (χ0v) is 18.0. The van der Waals surface area contributed by atoms with Crippen molar-refractivity contribution in [3.05, 3.63) is 102 Å². The van der Waals surface area contributed by atoms with Crippen molar-refractivity contribution in [2.75, 3.05) is 6.61 Å². The molecule has 3 rings (SSSR count). The van der Waals surface area contributed by atoms with Crippen molar-refractivity contribution in [3.63, 3.8) is 0 Å². The number of esters is 1. The molecule has 31 heavy (non-hydrogen) atoms. The van der Waals surface area contributed by atoms with Crippen LogP contribution in [0.3, 0.4) is 0 Å². The summed E-state index contributed by atoms with van der Waals surface area (Å²) in [5, 5.41) is 0. The van der Waals surface area contributed by atoms with E-state index in [-0.39, 0.29) is 6.61 Å². The van der Waals surface area contributed by atoms with Gasteiger partial charge in [-0.25, -0.2) is 4.79 Å². The molecule has 0 aliphatic rings. The summed E-state index contributed by atoms with van der Waals surface area (Å²) in [5.74, 6) is 0.236. The standard InChI is InChI=1S/C26H29NO4/c1-3-31-26(2,25(28)30-19-21-12-8-5-9-13-21)24(27)22-14-16-23(17-15-22)29-18-20-10-6-4-7-11-20/h4-17,24H,3,18-19,27H2,1-2H3. The van der Waals surface area contributed by atoms with E-state index in [0.717, 1.165) is 22.4 Å². The molecule has 0 aromatic heterocycles. The van der Waals surface area contributed by atoms with E-state index < -0.39 is 17.6 Å². The van der Waals surface area contributed by atoms with Gasteiger partial charge in [0.15, 0.2) is 5.60 Å². The Bertz CT molecular complexity index is 944. The molecule has 2 unspecified atom stereocenters. The fourth-order valence-corrected chi connectivity index (χ4v) is 3.27. The topological polar surface area (TPSA) is 70.8 Å². The van der Waals surface area contributed by atoms with Crippen LogP contribution < -0.4 is 10.5 Å². The number of ether oxygens (including phenoxy) is 3. The average Bonchev–Trinajstić information content (AvgIpc) is 2.82. The number of carbonyl (C=O) groups is 1. The predicted molar refractivity (Wildman–Crippen MR) is 120 cm³/mol. The SMILES string of the molecule is CCOC(C)(C(=O)OCc1ccccc1)C(N)c1ccc(OCc2ccccc2)cc1. The van der Waals surface area contributed by atoms with Gasteiger partial charge in [-0.2, -0.15) is 0 Å². The lowest BCUT2D eigenvalue weighted by Crippen LogP contribution is -2.49. The zero-order valence-electron chi connectivity index (χ0n) is 18.0. The van der Waals surface area contributed by atoms with Gasteiger partial charge in [0.25, 0.3) is 0 Å². The summed E-state index contributed by atoms with van der Waals surface area (Å²) < 4.78 is 17.2. The van der Waals surface area contributed by atoms with Gasteiger partial charge in [0.1, 0.15) is 19.0 Å². The van der Waals surface area contributed by atoms with Crippen LogP contribution in [0.2, 0.25) is 0 Å². The highest BCUT2D eigenvalue weighted by Gasteiger charge is 2.43. The second kappa shape index (κ2) is 10.8. The smallest absolute Gasteiger partial charge is 0.340 e. The minimum Gasteiger partial charge on any atom is -0.489 e. The lowest BCUT2D eigenvalue weighted by molar-refractivity contribution is -0.174. The Morgan fingerprint density at radius 1 is 0.871 bits per heavy atom. The van der Waals surface area contributed by atoms with Crippen LogP contribution in [0, 0.1) is 0 Å². The molecule has 0 aliphatic carbocycles. The van der Waals surface area contributed by atoms with Crippen molar-refractivity contribution < 1.29 is 19.0 Å². The molecule has 0 spiro atoms. The molecule has 0 aliphatic heterocycles. The normalized spacial score (nSPS) is 13.8. The first-order valence-corrected chi connectivity index (χ1v) is 10.4. The minimum absolute atomic E-state index is 0.168. The van der Waals surface area contributed by atoms with Gasteiger partial charge in [-0.3, -0.25) is 0 Å². The van der Waals surface area contributed by atoms with Gasteiger partial charge < -0.3 is 19.9 Å². The predicted octanol–water partition coefficient (Wildman–Crippen LogP) is 4.80. The van der Waals surface area contributed by atoms with Crippen molar-refractivity contribution in [2.24, 2.45) is 5.73 Å². The van der Waals surface area contributed by atoms with E-state index in [1.54, 1.807) is 6.92 Å². The molecule has 3 aromatic carbocycles. The third kappa shape index (κ3) is 5.94. The summed E-state index contributed by atoms with van der Waals surface area (Å²) in [6.07, 6.45) is 0. The molecule has 0 amide bonds. The lowest BCUT2D eigenvalue weighted by Gasteiger charge is -2.33. The van der Waals surface area contributed by atoms with E-state index in [9.17, 15) is 4.79 Å². The van der Waals surface area contributed by atoms with Gasteiger partial charge in [-0.15, -0.1) is 0 Å². The first-order valence-electron chi connectivity index (χ1n) is 10.4. The monoisotopic (exact) mass is 419 g/mol. The number of hydrogen-bond donors (Lipinski definition) is 1. The second-order valence-corrected chi connectivity index (χ2v) is 7.42. The Balaban J connectivity index is 1.66. The molecule has 2 N–H and O–H groups in total. The third-order valence-electron chi connectivity index (χ3n) is 5.14. The largest absolute Gasteiger partial charge is 0.489 e. The lowest BCUT2D eigenvalue weighted by atomic mass is 9.90. The van der Waals surface area contributed by atoms with E-state index >= 15 is 0 Å².